The van der Waals surface area contributed by atoms with E-state index in [-0.39, 0.29) is 0 Å². The van der Waals surface area contributed by atoms with E-state index in [0.717, 1.165) is 16.8 Å². The first kappa shape index (κ1) is 16.0. The molecule has 0 saturated carbocycles. The Labute approximate surface area is 145 Å². The molecule has 0 radical (unpaired) electrons. The summed E-state index contributed by atoms with van der Waals surface area (Å²) in [5.74, 6) is 1.25. The zero-order valence-electron chi connectivity index (χ0n) is 13.0. The first-order valence-corrected chi connectivity index (χ1v) is 7.72. The molecule has 1 heterocycles. The smallest absolute Gasteiger partial charge is 0.136 e. The summed E-state index contributed by atoms with van der Waals surface area (Å²) in [4.78, 5) is 8.92. The molecule has 2 aromatic carbocycles. The molecule has 0 atom stereocenters. The molecule has 118 valence electrons. The van der Waals surface area contributed by atoms with Crippen LogP contribution < -0.4 is 4.74 Å². The summed E-state index contributed by atoms with van der Waals surface area (Å²) >= 11 is 6.02. The van der Waals surface area contributed by atoms with Gasteiger partial charge in [0.1, 0.15) is 17.6 Å². The Morgan fingerprint density at radius 3 is 2.79 bits per heavy atom. The number of rotatable bonds is 4. The van der Waals surface area contributed by atoms with Crippen LogP contribution in [0, 0.1) is 11.3 Å². The van der Waals surface area contributed by atoms with Gasteiger partial charge in [0.25, 0.3) is 0 Å². The van der Waals surface area contributed by atoms with Crippen molar-refractivity contribution in [2.24, 2.45) is 0 Å². The molecule has 0 saturated heterocycles. The summed E-state index contributed by atoms with van der Waals surface area (Å²) in [5.41, 5.74) is 3.14. The van der Waals surface area contributed by atoms with Gasteiger partial charge in [0.2, 0.25) is 0 Å². The van der Waals surface area contributed by atoms with Crippen LogP contribution in [0.1, 0.15) is 17.0 Å². The highest BCUT2D eigenvalue weighted by Gasteiger charge is 2.08. The van der Waals surface area contributed by atoms with E-state index in [4.69, 9.17) is 16.3 Å². The molecule has 24 heavy (non-hydrogen) atoms. The van der Waals surface area contributed by atoms with Crippen molar-refractivity contribution in [2.45, 2.75) is 6.42 Å². The molecule has 0 aliphatic heterocycles. The monoisotopic (exact) mass is 335 g/mol. The molecule has 4 nitrogen and oxygen atoms in total. The first-order chi connectivity index (χ1) is 11.7. The molecule has 5 heteroatoms. The second kappa shape index (κ2) is 7.12. The third kappa shape index (κ3) is 3.53. The van der Waals surface area contributed by atoms with E-state index in [1.54, 1.807) is 25.4 Å². The molecule has 0 aliphatic carbocycles. The van der Waals surface area contributed by atoms with E-state index in [0.29, 0.717) is 28.6 Å². The van der Waals surface area contributed by atoms with Gasteiger partial charge in [-0.3, -0.25) is 0 Å². The average Bonchev–Trinajstić information content (AvgIpc) is 2.61. The molecule has 1 aromatic heterocycles. The van der Waals surface area contributed by atoms with Gasteiger partial charge in [-0.25, -0.2) is 9.97 Å². The Bertz CT molecular complexity index is 918. The average molecular weight is 336 g/mol. The number of halogens is 1. The van der Waals surface area contributed by atoms with Crippen molar-refractivity contribution in [3.63, 3.8) is 0 Å². The fourth-order valence-corrected chi connectivity index (χ4v) is 2.64. The summed E-state index contributed by atoms with van der Waals surface area (Å²) < 4.78 is 5.17. The van der Waals surface area contributed by atoms with Gasteiger partial charge in [0.05, 0.1) is 18.4 Å². The molecule has 0 bridgehead atoms. The first-order valence-electron chi connectivity index (χ1n) is 7.34. The van der Waals surface area contributed by atoms with Gasteiger partial charge in [0.15, 0.2) is 0 Å². The maximum atomic E-state index is 9.22. The van der Waals surface area contributed by atoms with Gasteiger partial charge in [-0.15, -0.1) is 0 Å². The number of aromatic nitrogens is 2. The predicted octanol–water partition coefficient (Wildman–Crippen LogP) is 4.27. The molecule has 0 amide bonds. The van der Waals surface area contributed by atoms with Crippen molar-refractivity contribution in [1.29, 1.82) is 5.26 Å². The number of ether oxygens (including phenoxy) is 1. The molecule has 3 rings (SSSR count). The second-order valence-corrected chi connectivity index (χ2v) is 5.63. The van der Waals surface area contributed by atoms with Crippen molar-refractivity contribution in [1.82, 2.24) is 9.97 Å². The standard InChI is InChI=1S/C19H14ClN3O/c1-24-18-6-5-14(11-15(18)12-21)17-7-8-22-19(23-17)10-13-3-2-4-16(20)9-13/h2-9,11H,10H2,1H3. The number of methoxy groups -OCH3 is 1. The van der Waals surface area contributed by atoms with Gasteiger partial charge >= 0.3 is 0 Å². The van der Waals surface area contributed by atoms with E-state index in [2.05, 4.69) is 16.0 Å². The zero-order chi connectivity index (χ0) is 16.9. The van der Waals surface area contributed by atoms with Crippen molar-refractivity contribution in [2.75, 3.05) is 7.11 Å². The lowest BCUT2D eigenvalue weighted by atomic mass is 10.1. The van der Waals surface area contributed by atoms with E-state index in [1.165, 1.54) is 0 Å². The van der Waals surface area contributed by atoms with Gasteiger partial charge < -0.3 is 4.74 Å². The van der Waals surface area contributed by atoms with Crippen LogP contribution in [0.4, 0.5) is 0 Å². The SMILES string of the molecule is COc1ccc(-c2ccnc(Cc3cccc(Cl)c3)n2)cc1C#N. The summed E-state index contributed by atoms with van der Waals surface area (Å²) in [5, 5.41) is 9.91. The lowest BCUT2D eigenvalue weighted by Crippen LogP contribution is -1.98. The highest BCUT2D eigenvalue weighted by molar-refractivity contribution is 6.30. The summed E-state index contributed by atoms with van der Waals surface area (Å²) in [6, 6.07) is 17.0. The van der Waals surface area contributed by atoms with E-state index in [9.17, 15) is 5.26 Å². The van der Waals surface area contributed by atoms with Crippen molar-refractivity contribution >= 4 is 11.6 Å². The predicted molar refractivity (Wildman–Crippen MR) is 93.0 cm³/mol. The Balaban J connectivity index is 1.92. The fourth-order valence-electron chi connectivity index (χ4n) is 2.43. The molecular formula is C19H14ClN3O. The number of nitriles is 1. The molecule has 0 N–H and O–H groups in total. The minimum atomic E-state index is 0.477. The summed E-state index contributed by atoms with van der Waals surface area (Å²) in [6.45, 7) is 0. The maximum Gasteiger partial charge on any atom is 0.136 e. The van der Waals surface area contributed by atoms with Crippen LogP contribution in [0.15, 0.2) is 54.7 Å². The number of benzene rings is 2. The topological polar surface area (TPSA) is 58.8 Å². The second-order valence-electron chi connectivity index (χ2n) is 5.19. The van der Waals surface area contributed by atoms with Crippen LogP contribution in [0.5, 0.6) is 5.75 Å². The zero-order valence-corrected chi connectivity index (χ0v) is 13.8. The van der Waals surface area contributed by atoms with Gasteiger partial charge in [-0.05, 0) is 42.0 Å². The lowest BCUT2D eigenvalue weighted by Gasteiger charge is -2.07. The fraction of sp³-hybridized carbons (Fsp3) is 0.105. The van der Waals surface area contributed by atoms with Crippen molar-refractivity contribution < 1.29 is 4.74 Å². The molecule has 0 spiro atoms. The highest BCUT2D eigenvalue weighted by Crippen LogP contribution is 2.25. The molecule has 0 fully saturated rings. The van der Waals surface area contributed by atoms with Crippen LogP contribution in [0.25, 0.3) is 11.3 Å². The Morgan fingerprint density at radius 2 is 2.04 bits per heavy atom. The molecule has 0 aliphatic rings. The highest BCUT2D eigenvalue weighted by atomic mass is 35.5. The molecule has 3 aromatic rings. The van der Waals surface area contributed by atoms with Gasteiger partial charge in [0, 0.05) is 23.2 Å². The van der Waals surface area contributed by atoms with Crippen LogP contribution in [0.2, 0.25) is 5.02 Å². The number of hydrogen-bond acceptors (Lipinski definition) is 4. The van der Waals surface area contributed by atoms with Crippen LogP contribution >= 0.6 is 11.6 Å². The van der Waals surface area contributed by atoms with Gasteiger partial charge in [-0.1, -0.05) is 23.7 Å². The normalized spacial score (nSPS) is 10.2. The quantitative estimate of drug-likeness (QED) is 0.714. The Hall–Kier alpha value is -2.90. The van der Waals surface area contributed by atoms with E-state index < -0.39 is 0 Å². The third-order valence-electron chi connectivity index (χ3n) is 3.57. The van der Waals surface area contributed by atoms with E-state index in [1.807, 2.05) is 36.4 Å². The summed E-state index contributed by atoms with van der Waals surface area (Å²) in [6.07, 6.45) is 2.31. The third-order valence-corrected chi connectivity index (χ3v) is 3.81. The van der Waals surface area contributed by atoms with Crippen molar-refractivity contribution in [3.05, 3.63) is 76.7 Å². The Morgan fingerprint density at radius 1 is 1.17 bits per heavy atom. The van der Waals surface area contributed by atoms with Crippen LogP contribution in [-0.2, 0) is 6.42 Å². The van der Waals surface area contributed by atoms with Crippen LogP contribution in [-0.4, -0.2) is 17.1 Å². The van der Waals surface area contributed by atoms with Gasteiger partial charge in [-0.2, -0.15) is 5.26 Å². The Kier molecular flexibility index (Phi) is 4.74. The largest absolute Gasteiger partial charge is 0.495 e. The molecule has 0 unspecified atom stereocenters. The number of hydrogen-bond donors (Lipinski definition) is 0. The minimum absolute atomic E-state index is 0.477. The lowest BCUT2D eigenvalue weighted by molar-refractivity contribution is 0.413. The summed E-state index contributed by atoms with van der Waals surface area (Å²) in [7, 11) is 1.55. The minimum Gasteiger partial charge on any atom is -0.495 e. The number of nitrogens with zero attached hydrogens (tertiary/aromatic N) is 3. The van der Waals surface area contributed by atoms with Crippen LogP contribution in [0.3, 0.4) is 0 Å². The van der Waals surface area contributed by atoms with E-state index >= 15 is 0 Å². The molecular weight excluding hydrogens is 322 g/mol. The van der Waals surface area contributed by atoms with Crippen molar-refractivity contribution in [3.8, 4) is 23.1 Å². The maximum absolute atomic E-state index is 9.22.